The van der Waals surface area contributed by atoms with Crippen LogP contribution in [0.25, 0.3) is 0 Å². The summed E-state index contributed by atoms with van der Waals surface area (Å²) in [4.78, 5) is 12.0. The summed E-state index contributed by atoms with van der Waals surface area (Å²) in [6, 6.07) is 1.60. The summed E-state index contributed by atoms with van der Waals surface area (Å²) in [6.45, 7) is 7.11. The van der Waals surface area contributed by atoms with E-state index < -0.39 is 0 Å². The summed E-state index contributed by atoms with van der Waals surface area (Å²) < 4.78 is 4.57. The fraction of sp³-hybridized carbons (Fsp3) is 0.500. The molecule has 2 heterocycles. The molecule has 0 saturated carbocycles. The first-order chi connectivity index (χ1) is 9.97. The Labute approximate surface area is 132 Å². The van der Waals surface area contributed by atoms with Gasteiger partial charge in [-0.15, -0.1) is 0 Å². The van der Waals surface area contributed by atoms with Gasteiger partial charge >= 0.3 is 0 Å². The average Bonchev–Trinajstić information content (AvgIpc) is 3.00. The lowest BCUT2D eigenvalue weighted by atomic mass is 10.3. The van der Waals surface area contributed by atoms with Gasteiger partial charge in [0.2, 0.25) is 5.91 Å². The lowest BCUT2D eigenvalue weighted by Gasteiger charge is -2.12. The summed E-state index contributed by atoms with van der Waals surface area (Å²) in [7, 11) is 0. The monoisotopic (exact) mass is 353 g/mol. The van der Waals surface area contributed by atoms with Crippen LogP contribution in [-0.4, -0.2) is 32.0 Å². The lowest BCUT2D eigenvalue weighted by Crippen LogP contribution is -2.32. The Morgan fingerprint density at radius 3 is 2.76 bits per heavy atom. The Kier molecular flexibility index (Phi) is 5.17. The molecule has 0 radical (unpaired) electrons. The first-order valence-electron chi connectivity index (χ1n) is 6.96. The number of amides is 1. The highest BCUT2D eigenvalue weighted by Gasteiger charge is 2.14. The minimum absolute atomic E-state index is 0.0177. The van der Waals surface area contributed by atoms with Crippen molar-refractivity contribution in [3.05, 3.63) is 34.3 Å². The molecule has 1 amide bonds. The second-order valence-electron chi connectivity index (χ2n) is 5.08. The third-order valence-electron chi connectivity index (χ3n) is 3.27. The molecule has 0 aliphatic carbocycles. The zero-order valence-corrected chi connectivity index (χ0v) is 14.1. The predicted molar refractivity (Wildman–Crippen MR) is 84.0 cm³/mol. The standard InChI is InChI=1S/C14H20BrN5O/c1-10-5-8-20(17-10)12(3)14(21)16-6-4-7-19-9-13(15)11(2)18-19/h5,8-9,12H,4,6-7H2,1-3H3,(H,16,21). The van der Waals surface area contributed by atoms with Gasteiger partial charge in [-0.1, -0.05) is 0 Å². The fourth-order valence-electron chi connectivity index (χ4n) is 1.98. The highest BCUT2D eigenvalue weighted by atomic mass is 79.9. The van der Waals surface area contributed by atoms with Crippen molar-refractivity contribution in [2.24, 2.45) is 0 Å². The molecule has 2 aromatic heterocycles. The van der Waals surface area contributed by atoms with Crippen molar-refractivity contribution in [3.8, 4) is 0 Å². The van der Waals surface area contributed by atoms with E-state index in [4.69, 9.17) is 0 Å². The van der Waals surface area contributed by atoms with Gasteiger partial charge in [-0.25, -0.2) is 0 Å². The fourth-order valence-corrected chi connectivity index (χ4v) is 2.29. The van der Waals surface area contributed by atoms with Crippen LogP contribution < -0.4 is 5.32 Å². The molecule has 2 aromatic rings. The van der Waals surface area contributed by atoms with Crippen LogP contribution in [0.15, 0.2) is 22.9 Å². The Hall–Kier alpha value is -1.63. The van der Waals surface area contributed by atoms with Gasteiger partial charge in [-0.3, -0.25) is 14.2 Å². The molecule has 2 rings (SSSR count). The van der Waals surface area contributed by atoms with Crippen LogP contribution in [0, 0.1) is 13.8 Å². The summed E-state index contributed by atoms with van der Waals surface area (Å²) in [5.41, 5.74) is 1.89. The van der Waals surface area contributed by atoms with Gasteiger partial charge < -0.3 is 5.32 Å². The highest BCUT2D eigenvalue weighted by molar-refractivity contribution is 9.10. The molecule has 6 nitrogen and oxygen atoms in total. The molecule has 0 aliphatic heterocycles. The van der Waals surface area contributed by atoms with E-state index in [0.29, 0.717) is 6.54 Å². The van der Waals surface area contributed by atoms with Gasteiger partial charge in [0.05, 0.1) is 15.9 Å². The minimum Gasteiger partial charge on any atom is -0.354 e. The number of hydrogen-bond acceptors (Lipinski definition) is 3. The molecule has 0 saturated heterocycles. The third kappa shape index (κ3) is 4.17. The van der Waals surface area contributed by atoms with Crippen LogP contribution in [0.4, 0.5) is 0 Å². The molecule has 1 unspecified atom stereocenters. The summed E-state index contributed by atoms with van der Waals surface area (Å²) in [5.74, 6) is -0.0177. The maximum Gasteiger partial charge on any atom is 0.244 e. The van der Waals surface area contributed by atoms with Crippen LogP contribution in [0.5, 0.6) is 0 Å². The minimum atomic E-state index is -0.292. The molecule has 0 bridgehead atoms. The number of halogens is 1. The van der Waals surface area contributed by atoms with Crippen molar-refractivity contribution in [1.82, 2.24) is 24.9 Å². The molecule has 1 N–H and O–H groups in total. The average molecular weight is 354 g/mol. The van der Waals surface area contributed by atoms with Gasteiger partial charge in [-0.2, -0.15) is 10.2 Å². The van der Waals surface area contributed by atoms with Crippen LogP contribution >= 0.6 is 15.9 Å². The first kappa shape index (κ1) is 15.8. The number of nitrogens with one attached hydrogen (secondary N) is 1. The van der Waals surface area contributed by atoms with E-state index in [1.54, 1.807) is 4.68 Å². The highest BCUT2D eigenvalue weighted by Crippen LogP contribution is 2.13. The summed E-state index contributed by atoms with van der Waals surface area (Å²) in [6.07, 6.45) is 4.61. The maximum atomic E-state index is 12.0. The lowest BCUT2D eigenvalue weighted by molar-refractivity contribution is -0.124. The SMILES string of the molecule is Cc1ccn(C(C)C(=O)NCCCn2cc(Br)c(C)n2)n1. The van der Waals surface area contributed by atoms with Crippen LogP contribution in [0.3, 0.4) is 0 Å². The molecule has 0 fully saturated rings. The molecular formula is C14H20BrN5O. The molecular weight excluding hydrogens is 334 g/mol. The number of aromatic nitrogens is 4. The number of nitrogens with zero attached hydrogens (tertiary/aromatic N) is 4. The maximum absolute atomic E-state index is 12.0. The van der Waals surface area contributed by atoms with Crippen molar-refractivity contribution in [3.63, 3.8) is 0 Å². The van der Waals surface area contributed by atoms with Gasteiger partial charge in [0, 0.05) is 25.5 Å². The zero-order valence-electron chi connectivity index (χ0n) is 12.5. The molecule has 1 atom stereocenters. The predicted octanol–water partition coefficient (Wildman–Crippen LogP) is 2.23. The van der Waals surface area contributed by atoms with Gasteiger partial charge in [-0.05, 0) is 49.2 Å². The Balaban J connectivity index is 1.74. The second kappa shape index (κ2) is 6.89. The Morgan fingerprint density at radius 1 is 1.43 bits per heavy atom. The second-order valence-corrected chi connectivity index (χ2v) is 5.94. The van der Waals surface area contributed by atoms with E-state index in [0.717, 1.165) is 28.8 Å². The van der Waals surface area contributed by atoms with Crippen molar-refractivity contribution >= 4 is 21.8 Å². The number of hydrogen-bond donors (Lipinski definition) is 1. The van der Waals surface area contributed by atoms with Crippen LogP contribution in [0.1, 0.15) is 30.8 Å². The molecule has 114 valence electrons. The molecule has 0 aliphatic rings. The topological polar surface area (TPSA) is 64.7 Å². The van der Waals surface area contributed by atoms with E-state index in [2.05, 4.69) is 31.4 Å². The largest absolute Gasteiger partial charge is 0.354 e. The quantitative estimate of drug-likeness (QED) is 0.809. The van der Waals surface area contributed by atoms with Crippen molar-refractivity contribution in [2.45, 2.75) is 39.8 Å². The van der Waals surface area contributed by atoms with Gasteiger partial charge in [0.25, 0.3) is 0 Å². The van der Waals surface area contributed by atoms with Crippen LogP contribution in [-0.2, 0) is 11.3 Å². The zero-order chi connectivity index (χ0) is 15.4. The van der Waals surface area contributed by atoms with E-state index in [9.17, 15) is 4.79 Å². The van der Waals surface area contributed by atoms with Crippen molar-refractivity contribution in [2.75, 3.05) is 6.54 Å². The third-order valence-corrected chi connectivity index (χ3v) is 4.05. The Morgan fingerprint density at radius 2 is 2.19 bits per heavy atom. The van der Waals surface area contributed by atoms with E-state index in [-0.39, 0.29) is 11.9 Å². The Bertz CT molecular complexity index is 599. The number of carbonyl (C=O) groups is 1. The van der Waals surface area contributed by atoms with Gasteiger partial charge in [0.15, 0.2) is 0 Å². The molecule has 7 heteroatoms. The number of rotatable bonds is 6. The molecule has 0 spiro atoms. The smallest absolute Gasteiger partial charge is 0.244 e. The first-order valence-corrected chi connectivity index (χ1v) is 7.75. The van der Waals surface area contributed by atoms with E-state index >= 15 is 0 Å². The number of aryl methyl sites for hydroxylation is 3. The van der Waals surface area contributed by atoms with Gasteiger partial charge in [0.1, 0.15) is 6.04 Å². The normalized spacial score (nSPS) is 12.4. The van der Waals surface area contributed by atoms with E-state index in [1.807, 2.05) is 43.9 Å². The number of carbonyl (C=O) groups excluding carboxylic acids is 1. The van der Waals surface area contributed by atoms with Crippen molar-refractivity contribution in [1.29, 1.82) is 0 Å². The summed E-state index contributed by atoms with van der Waals surface area (Å²) >= 11 is 3.43. The van der Waals surface area contributed by atoms with E-state index in [1.165, 1.54) is 0 Å². The molecule has 0 aromatic carbocycles. The van der Waals surface area contributed by atoms with Crippen LogP contribution in [0.2, 0.25) is 0 Å². The van der Waals surface area contributed by atoms with Crippen molar-refractivity contribution < 1.29 is 4.79 Å². The molecule has 21 heavy (non-hydrogen) atoms. The summed E-state index contributed by atoms with van der Waals surface area (Å²) in [5, 5.41) is 11.5.